The van der Waals surface area contributed by atoms with Crippen LogP contribution in [0.1, 0.15) is 44.2 Å². The Morgan fingerprint density at radius 1 is 1.35 bits per heavy atom. The predicted octanol–water partition coefficient (Wildman–Crippen LogP) is 2.28. The van der Waals surface area contributed by atoms with Gasteiger partial charge in [0.15, 0.2) is 6.61 Å². The van der Waals surface area contributed by atoms with E-state index in [2.05, 4.69) is 10.6 Å². The standard InChI is InChI=1S/C19H29N3O3.ClH/c1-4-16(21-18(23)12-14-8-7-11-20-14)15-9-5-6-10-17(15)25-13-19(24)22(2)3;/h5-6,9-10,14,16,20H,4,7-8,11-13H2,1-3H3,(H,21,23);1H. The van der Waals surface area contributed by atoms with Gasteiger partial charge < -0.3 is 20.3 Å². The SMILES string of the molecule is CCC(NC(=O)CC1CCCN1)c1ccccc1OCC(=O)N(C)C.Cl. The summed E-state index contributed by atoms with van der Waals surface area (Å²) < 4.78 is 5.70. The van der Waals surface area contributed by atoms with E-state index in [1.807, 2.05) is 31.2 Å². The van der Waals surface area contributed by atoms with E-state index in [9.17, 15) is 9.59 Å². The van der Waals surface area contributed by atoms with Gasteiger partial charge in [0.1, 0.15) is 5.75 Å². The van der Waals surface area contributed by atoms with Crippen molar-refractivity contribution in [3.8, 4) is 5.75 Å². The van der Waals surface area contributed by atoms with Crippen LogP contribution in [0.3, 0.4) is 0 Å². The fourth-order valence-corrected chi connectivity index (χ4v) is 2.98. The minimum Gasteiger partial charge on any atom is -0.483 e. The molecule has 2 N–H and O–H groups in total. The molecule has 1 aromatic carbocycles. The van der Waals surface area contributed by atoms with Crippen molar-refractivity contribution in [1.29, 1.82) is 0 Å². The highest BCUT2D eigenvalue weighted by molar-refractivity contribution is 5.85. The summed E-state index contributed by atoms with van der Waals surface area (Å²) in [4.78, 5) is 25.6. The van der Waals surface area contributed by atoms with Crippen LogP contribution in [0.15, 0.2) is 24.3 Å². The molecule has 146 valence electrons. The van der Waals surface area contributed by atoms with Crippen molar-refractivity contribution in [2.24, 2.45) is 0 Å². The molecule has 0 aromatic heterocycles. The smallest absolute Gasteiger partial charge is 0.259 e. The maximum Gasteiger partial charge on any atom is 0.259 e. The number of ether oxygens (including phenoxy) is 1. The van der Waals surface area contributed by atoms with Gasteiger partial charge in [-0.15, -0.1) is 12.4 Å². The molecule has 2 unspecified atom stereocenters. The summed E-state index contributed by atoms with van der Waals surface area (Å²) in [5.74, 6) is 0.591. The lowest BCUT2D eigenvalue weighted by molar-refractivity contribution is -0.130. The first-order valence-corrected chi connectivity index (χ1v) is 8.95. The molecular formula is C19H30ClN3O3. The van der Waals surface area contributed by atoms with Gasteiger partial charge in [0, 0.05) is 32.1 Å². The number of halogens is 1. The Bertz CT molecular complexity index is 589. The fraction of sp³-hybridized carbons (Fsp3) is 0.579. The van der Waals surface area contributed by atoms with Crippen molar-refractivity contribution >= 4 is 24.2 Å². The van der Waals surface area contributed by atoms with Gasteiger partial charge in [0.05, 0.1) is 6.04 Å². The molecule has 1 heterocycles. The molecule has 0 saturated carbocycles. The van der Waals surface area contributed by atoms with Gasteiger partial charge in [-0.2, -0.15) is 0 Å². The summed E-state index contributed by atoms with van der Waals surface area (Å²) in [6.45, 7) is 3.01. The summed E-state index contributed by atoms with van der Waals surface area (Å²) in [7, 11) is 3.40. The van der Waals surface area contributed by atoms with E-state index >= 15 is 0 Å². The second-order valence-electron chi connectivity index (χ2n) is 6.64. The minimum absolute atomic E-state index is 0. The van der Waals surface area contributed by atoms with Gasteiger partial charge in [-0.25, -0.2) is 0 Å². The van der Waals surface area contributed by atoms with Crippen LogP contribution in [-0.2, 0) is 9.59 Å². The first-order valence-electron chi connectivity index (χ1n) is 8.95. The molecule has 0 spiro atoms. The Labute approximate surface area is 162 Å². The van der Waals surface area contributed by atoms with Crippen LogP contribution in [-0.4, -0.2) is 50.0 Å². The van der Waals surface area contributed by atoms with Crippen molar-refractivity contribution in [3.63, 3.8) is 0 Å². The van der Waals surface area contributed by atoms with Crippen LogP contribution in [0, 0.1) is 0 Å². The quantitative estimate of drug-likeness (QED) is 0.722. The van der Waals surface area contributed by atoms with E-state index in [0.29, 0.717) is 12.2 Å². The van der Waals surface area contributed by atoms with Crippen LogP contribution in [0.4, 0.5) is 0 Å². The summed E-state index contributed by atoms with van der Waals surface area (Å²) >= 11 is 0. The lowest BCUT2D eigenvalue weighted by Gasteiger charge is -2.22. The van der Waals surface area contributed by atoms with Crippen LogP contribution in [0.2, 0.25) is 0 Å². The van der Waals surface area contributed by atoms with Crippen LogP contribution in [0.25, 0.3) is 0 Å². The van der Waals surface area contributed by atoms with E-state index < -0.39 is 0 Å². The maximum atomic E-state index is 12.4. The van der Waals surface area contributed by atoms with Crippen molar-refractivity contribution in [1.82, 2.24) is 15.5 Å². The van der Waals surface area contributed by atoms with Crippen LogP contribution in [0.5, 0.6) is 5.75 Å². The first-order chi connectivity index (χ1) is 12.0. The van der Waals surface area contributed by atoms with Gasteiger partial charge in [0.25, 0.3) is 5.91 Å². The molecule has 6 nitrogen and oxygen atoms in total. The highest BCUT2D eigenvalue weighted by Crippen LogP contribution is 2.27. The molecule has 26 heavy (non-hydrogen) atoms. The number of rotatable bonds is 8. The van der Waals surface area contributed by atoms with Crippen LogP contribution < -0.4 is 15.4 Å². The zero-order valence-electron chi connectivity index (χ0n) is 15.8. The maximum absolute atomic E-state index is 12.4. The van der Waals surface area contributed by atoms with Gasteiger partial charge in [-0.05, 0) is 31.9 Å². The van der Waals surface area contributed by atoms with Crippen molar-refractivity contribution in [2.45, 2.75) is 44.7 Å². The van der Waals surface area contributed by atoms with Crippen molar-refractivity contribution < 1.29 is 14.3 Å². The molecule has 0 aliphatic carbocycles. The molecule has 1 aliphatic rings. The Kier molecular flexibility index (Phi) is 9.44. The average molecular weight is 384 g/mol. The van der Waals surface area contributed by atoms with E-state index in [0.717, 1.165) is 31.4 Å². The largest absolute Gasteiger partial charge is 0.483 e. The second kappa shape index (κ2) is 11.0. The third-order valence-corrected chi connectivity index (χ3v) is 4.48. The van der Waals surface area contributed by atoms with Gasteiger partial charge in [-0.3, -0.25) is 9.59 Å². The third kappa shape index (κ3) is 6.50. The molecule has 0 radical (unpaired) electrons. The number of carbonyl (C=O) groups is 2. The fourth-order valence-electron chi connectivity index (χ4n) is 2.98. The number of likely N-dealkylation sites (N-methyl/N-ethyl adjacent to an activating group) is 1. The van der Waals surface area contributed by atoms with E-state index in [4.69, 9.17) is 4.74 Å². The monoisotopic (exact) mass is 383 g/mol. The predicted molar refractivity (Wildman–Crippen MR) is 105 cm³/mol. The molecule has 7 heteroatoms. The van der Waals surface area contributed by atoms with Gasteiger partial charge in [0.2, 0.25) is 5.91 Å². The molecule has 1 saturated heterocycles. The third-order valence-electron chi connectivity index (χ3n) is 4.48. The number of amides is 2. The molecule has 1 aliphatic heterocycles. The second-order valence-corrected chi connectivity index (χ2v) is 6.64. The lowest BCUT2D eigenvalue weighted by atomic mass is 10.0. The molecule has 1 fully saturated rings. The van der Waals surface area contributed by atoms with E-state index in [1.165, 1.54) is 4.90 Å². The summed E-state index contributed by atoms with van der Waals surface area (Å²) in [5.41, 5.74) is 0.907. The Hall–Kier alpha value is -1.79. The Morgan fingerprint density at radius 2 is 2.08 bits per heavy atom. The average Bonchev–Trinajstić information content (AvgIpc) is 3.10. The molecule has 0 bridgehead atoms. The molecule has 2 rings (SSSR count). The van der Waals surface area contributed by atoms with Gasteiger partial charge in [-0.1, -0.05) is 25.1 Å². The van der Waals surface area contributed by atoms with Crippen molar-refractivity contribution in [3.05, 3.63) is 29.8 Å². The van der Waals surface area contributed by atoms with Crippen molar-refractivity contribution in [2.75, 3.05) is 27.2 Å². The van der Waals surface area contributed by atoms with E-state index in [1.54, 1.807) is 14.1 Å². The minimum atomic E-state index is -0.125. The molecule has 2 amide bonds. The molecule has 1 aromatic rings. The Balaban J connectivity index is 0.00000338. The molecule has 2 atom stereocenters. The highest BCUT2D eigenvalue weighted by atomic mass is 35.5. The number of para-hydroxylation sites is 1. The lowest BCUT2D eigenvalue weighted by Crippen LogP contribution is -2.34. The number of hydrogen-bond acceptors (Lipinski definition) is 4. The summed E-state index contributed by atoms with van der Waals surface area (Å²) in [6, 6.07) is 7.73. The topological polar surface area (TPSA) is 70.7 Å². The number of hydrogen-bond donors (Lipinski definition) is 2. The first kappa shape index (κ1) is 22.3. The number of nitrogens with zero attached hydrogens (tertiary/aromatic N) is 1. The highest BCUT2D eigenvalue weighted by Gasteiger charge is 2.21. The summed E-state index contributed by atoms with van der Waals surface area (Å²) in [6.07, 6.45) is 3.44. The Morgan fingerprint density at radius 3 is 2.69 bits per heavy atom. The van der Waals surface area contributed by atoms with Crippen LogP contribution >= 0.6 is 12.4 Å². The normalized spacial score (nSPS) is 17.1. The summed E-state index contributed by atoms with van der Waals surface area (Å²) in [5, 5.41) is 6.45. The number of nitrogens with one attached hydrogen (secondary N) is 2. The van der Waals surface area contributed by atoms with Gasteiger partial charge >= 0.3 is 0 Å². The van der Waals surface area contributed by atoms with E-state index in [-0.39, 0.29) is 42.9 Å². The number of benzene rings is 1. The zero-order valence-corrected chi connectivity index (χ0v) is 16.6. The zero-order chi connectivity index (χ0) is 18.2. The number of carbonyl (C=O) groups excluding carboxylic acids is 2. The molecular weight excluding hydrogens is 354 g/mol.